The molecule has 4 nitrogen and oxygen atoms in total. The molecule has 0 bridgehead atoms. The summed E-state index contributed by atoms with van der Waals surface area (Å²) in [4.78, 5) is 11.3. The Bertz CT molecular complexity index is 384. The number of amidine groups is 1. The molecule has 2 rings (SSSR count). The second-order valence-corrected chi connectivity index (χ2v) is 3.23. The van der Waals surface area contributed by atoms with Crippen LogP contribution in [0.5, 0.6) is 0 Å². The zero-order valence-corrected chi connectivity index (χ0v) is 7.70. The van der Waals surface area contributed by atoms with Crippen molar-refractivity contribution in [3.63, 3.8) is 0 Å². The van der Waals surface area contributed by atoms with E-state index >= 15 is 0 Å². The molecule has 0 spiro atoms. The Morgan fingerprint density at radius 1 is 1.36 bits per heavy atom. The summed E-state index contributed by atoms with van der Waals surface area (Å²) < 4.78 is 5.02. The normalized spacial score (nSPS) is 20.5. The van der Waals surface area contributed by atoms with Crippen molar-refractivity contribution in [3.8, 4) is 0 Å². The number of aryl methyl sites for hydroxylation is 1. The number of carbonyl (C=O) groups is 1. The van der Waals surface area contributed by atoms with Gasteiger partial charge in [-0.2, -0.15) is 0 Å². The monoisotopic (exact) mass is 190 g/mol. The van der Waals surface area contributed by atoms with E-state index in [0.717, 1.165) is 11.1 Å². The van der Waals surface area contributed by atoms with E-state index in [1.807, 2.05) is 31.2 Å². The average molecular weight is 190 g/mol. The van der Waals surface area contributed by atoms with Crippen molar-refractivity contribution in [1.82, 2.24) is 5.32 Å². The maximum Gasteiger partial charge on any atom is 0.289 e. The summed E-state index contributed by atoms with van der Waals surface area (Å²) in [6.07, 6.45) is -0.664. The largest absolute Gasteiger partial charge is 0.447 e. The van der Waals surface area contributed by atoms with E-state index in [4.69, 9.17) is 10.1 Å². The summed E-state index contributed by atoms with van der Waals surface area (Å²) in [6.45, 7) is 1.97. The lowest BCUT2D eigenvalue weighted by Gasteiger charge is -2.06. The number of hydrogen-bond donors (Lipinski definition) is 2. The lowest BCUT2D eigenvalue weighted by atomic mass is 10.1. The summed E-state index contributed by atoms with van der Waals surface area (Å²) in [6, 6.07) is 7.30. The Labute approximate surface area is 81.4 Å². The Hall–Kier alpha value is -1.84. The smallest absolute Gasteiger partial charge is 0.289 e. The van der Waals surface area contributed by atoms with Crippen molar-refractivity contribution in [2.45, 2.75) is 13.0 Å². The summed E-state index contributed by atoms with van der Waals surface area (Å²) >= 11 is 0. The standard InChI is InChI=1S/C10H10N2O2/c1-6-2-4-7(5-3-6)8-9(13)12-10(11)14-8/h2-5,8H,1H3,(H2,11,12,13). The van der Waals surface area contributed by atoms with Gasteiger partial charge in [-0.1, -0.05) is 29.8 Å². The first kappa shape index (κ1) is 8.74. The Morgan fingerprint density at radius 3 is 2.50 bits per heavy atom. The second kappa shape index (κ2) is 3.14. The molecule has 1 unspecified atom stereocenters. The van der Waals surface area contributed by atoms with Gasteiger partial charge < -0.3 is 4.74 Å². The van der Waals surface area contributed by atoms with Crippen LogP contribution in [-0.2, 0) is 9.53 Å². The van der Waals surface area contributed by atoms with Gasteiger partial charge in [0.2, 0.25) is 6.10 Å². The van der Waals surface area contributed by atoms with Crippen LogP contribution in [-0.4, -0.2) is 11.9 Å². The number of carbonyl (C=O) groups excluding carboxylic acids is 1. The van der Waals surface area contributed by atoms with Gasteiger partial charge in [0.15, 0.2) is 0 Å². The molecule has 0 aromatic heterocycles. The molecule has 2 N–H and O–H groups in total. The van der Waals surface area contributed by atoms with Gasteiger partial charge in [0.25, 0.3) is 11.9 Å². The van der Waals surface area contributed by atoms with Gasteiger partial charge in [0, 0.05) is 5.56 Å². The van der Waals surface area contributed by atoms with Crippen LogP contribution < -0.4 is 5.32 Å². The number of benzene rings is 1. The highest BCUT2D eigenvalue weighted by Crippen LogP contribution is 2.21. The molecule has 4 heteroatoms. The Morgan fingerprint density at radius 2 is 2.00 bits per heavy atom. The number of rotatable bonds is 1. The fraction of sp³-hybridized carbons (Fsp3) is 0.200. The first-order chi connectivity index (χ1) is 6.66. The first-order valence-corrected chi connectivity index (χ1v) is 4.29. The van der Waals surface area contributed by atoms with Crippen LogP contribution in [0.4, 0.5) is 0 Å². The van der Waals surface area contributed by atoms with Crippen LogP contribution in [0.3, 0.4) is 0 Å². The Kier molecular flexibility index (Phi) is 1.96. The molecule has 0 radical (unpaired) electrons. The minimum atomic E-state index is -0.664. The van der Waals surface area contributed by atoms with Gasteiger partial charge in [-0.3, -0.25) is 15.5 Å². The number of amides is 1. The van der Waals surface area contributed by atoms with Gasteiger partial charge >= 0.3 is 0 Å². The fourth-order valence-electron chi connectivity index (χ4n) is 1.34. The minimum absolute atomic E-state index is 0.180. The molecule has 14 heavy (non-hydrogen) atoms. The van der Waals surface area contributed by atoms with E-state index < -0.39 is 6.10 Å². The van der Waals surface area contributed by atoms with Crippen LogP contribution in [0.1, 0.15) is 17.2 Å². The summed E-state index contributed by atoms with van der Waals surface area (Å²) in [5, 5.41) is 9.45. The molecule has 0 saturated carbocycles. The van der Waals surface area contributed by atoms with E-state index in [-0.39, 0.29) is 11.9 Å². The van der Waals surface area contributed by atoms with E-state index in [0.29, 0.717) is 0 Å². The first-order valence-electron chi connectivity index (χ1n) is 4.29. The van der Waals surface area contributed by atoms with Crippen LogP contribution in [0.25, 0.3) is 0 Å². The molecular weight excluding hydrogens is 180 g/mol. The summed E-state index contributed by atoms with van der Waals surface area (Å²) in [5.41, 5.74) is 1.90. The molecule has 72 valence electrons. The van der Waals surface area contributed by atoms with Crippen molar-refractivity contribution in [3.05, 3.63) is 35.4 Å². The molecular formula is C10H10N2O2. The third kappa shape index (κ3) is 1.46. The van der Waals surface area contributed by atoms with Gasteiger partial charge in [-0.15, -0.1) is 0 Å². The van der Waals surface area contributed by atoms with Crippen molar-refractivity contribution in [2.75, 3.05) is 0 Å². The lowest BCUT2D eigenvalue weighted by Crippen LogP contribution is -2.20. The third-order valence-corrected chi connectivity index (χ3v) is 2.09. The highest BCUT2D eigenvalue weighted by atomic mass is 16.5. The zero-order valence-electron chi connectivity index (χ0n) is 7.70. The van der Waals surface area contributed by atoms with Gasteiger partial charge in [0.1, 0.15) is 0 Å². The van der Waals surface area contributed by atoms with Gasteiger partial charge in [-0.25, -0.2) is 0 Å². The lowest BCUT2D eigenvalue weighted by molar-refractivity contribution is -0.123. The zero-order chi connectivity index (χ0) is 10.1. The molecule has 1 atom stereocenters. The molecule has 1 aliphatic heterocycles. The summed E-state index contributed by atoms with van der Waals surface area (Å²) in [7, 11) is 0. The molecule has 1 heterocycles. The van der Waals surface area contributed by atoms with Crippen LogP contribution in [0.2, 0.25) is 0 Å². The van der Waals surface area contributed by atoms with Crippen LogP contribution in [0, 0.1) is 12.3 Å². The molecule has 1 saturated heterocycles. The van der Waals surface area contributed by atoms with Crippen molar-refractivity contribution >= 4 is 11.9 Å². The quantitative estimate of drug-likeness (QED) is 0.697. The van der Waals surface area contributed by atoms with E-state index in [1.165, 1.54) is 0 Å². The SMILES string of the molecule is Cc1ccc(C2OC(=N)NC2=O)cc1. The van der Waals surface area contributed by atoms with Crippen molar-refractivity contribution < 1.29 is 9.53 Å². The maximum absolute atomic E-state index is 11.3. The topological polar surface area (TPSA) is 62.2 Å². The molecule has 1 aromatic rings. The predicted molar refractivity (Wildman–Crippen MR) is 50.9 cm³/mol. The van der Waals surface area contributed by atoms with Crippen LogP contribution >= 0.6 is 0 Å². The predicted octanol–water partition coefficient (Wildman–Crippen LogP) is 1.12. The molecule has 1 fully saturated rings. The highest BCUT2D eigenvalue weighted by Gasteiger charge is 2.31. The van der Waals surface area contributed by atoms with Crippen molar-refractivity contribution in [2.24, 2.45) is 0 Å². The number of nitrogens with one attached hydrogen (secondary N) is 2. The molecule has 1 aromatic carbocycles. The summed E-state index contributed by atoms with van der Waals surface area (Å²) in [5.74, 6) is -0.279. The van der Waals surface area contributed by atoms with E-state index in [9.17, 15) is 4.79 Å². The van der Waals surface area contributed by atoms with E-state index in [1.54, 1.807) is 0 Å². The molecule has 1 amide bonds. The molecule has 0 aliphatic carbocycles. The average Bonchev–Trinajstić information content (AvgIpc) is 2.47. The number of hydrogen-bond acceptors (Lipinski definition) is 3. The minimum Gasteiger partial charge on any atom is -0.447 e. The molecule has 1 aliphatic rings. The maximum atomic E-state index is 11.3. The van der Waals surface area contributed by atoms with Gasteiger partial charge in [0.05, 0.1) is 0 Å². The van der Waals surface area contributed by atoms with E-state index in [2.05, 4.69) is 5.32 Å². The van der Waals surface area contributed by atoms with Crippen LogP contribution in [0.15, 0.2) is 24.3 Å². The van der Waals surface area contributed by atoms with Gasteiger partial charge in [-0.05, 0) is 6.92 Å². The fourth-order valence-corrected chi connectivity index (χ4v) is 1.34. The van der Waals surface area contributed by atoms with Crippen molar-refractivity contribution in [1.29, 1.82) is 5.41 Å². The Balaban J connectivity index is 2.27. The number of ether oxygens (including phenoxy) is 1. The second-order valence-electron chi connectivity index (χ2n) is 3.23. The third-order valence-electron chi connectivity index (χ3n) is 2.09. The highest BCUT2D eigenvalue weighted by molar-refractivity contribution is 6.01.